The molecule has 1 atom stereocenters. The molecule has 0 aliphatic rings. The number of hydrogen-bond acceptors (Lipinski definition) is 2. The molecule has 0 aliphatic carbocycles. The van der Waals surface area contributed by atoms with Gasteiger partial charge < -0.3 is 15.7 Å². The van der Waals surface area contributed by atoms with E-state index in [1.165, 1.54) is 0 Å². The van der Waals surface area contributed by atoms with Crippen LogP contribution in [-0.4, -0.2) is 28.7 Å². The van der Waals surface area contributed by atoms with Gasteiger partial charge in [0.2, 0.25) is 0 Å². The van der Waals surface area contributed by atoms with Crippen LogP contribution in [0.2, 0.25) is 0 Å². The highest BCUT2D eigenvalue weighted by atomic mass is 16.4. The Bertz CT molecular complexity index is 288. The molecule has 0 radical (unpaired) electrons. The maximum atomic E-state index is 11.8. The first-order chi connectivity index (χ1) is 8.91. The summed E-state index contributed by atoms with van der Waals surface area (Å²) in [5.41, 5.74) is -1.16. The zero-order valence-electron chi connectivity index (χ0n) is 12.6. The number of carbonyl (C=O) groups is 2. The fraction of sp³-hybridized carbons (Fsp3) is 0.857. The van der Waals surface area contributed by atoms with Crippen LogP contribution < -0.4 is 10.6 Å². The Hall–Kier alpha value is -1.26. The van der Waals surface area contributed by atoms with E-state index in [2.05, 4.69) is 17.6 Å². The highest BCUT2D eigenvalue weighted by Crippen LogP contribution is 2.15. The van der Waals surface area contributed by atoms with Crippen molar-refractivity contribution >= 4 is 12.0 Å². The van der Waals surface area contributed by atoms with Crippen LogP contribution in [0.25, 0.3) is 0 Å². The van der Waals surface area contributed by atoms with Crippen molar-refractivity contribution in [2.75, 3.05) is 0 Å². The van der Waals surface area contributed by atoms with Crippen LogP contribution in [-0.2, 0) is 4.79 Å². The largest absolute Gasteiger partial charge is 0.480 e. The number of hydrogen-bond donors (Lipinski definition) is 3. The average molecular weight is 272 g/mol. The lowest BCUT2D eigenvalue weighted by molar-refractivity contribution is -0.144. The molecule has 0 saturated heterocycles. The van der Waals surface area contributed by atoms with Crippen LogP contribution in [0.15, 0.2) is 0 Å². The maximum Gasteiger partial charge on any atom is 0.329 e. The minimum atomic E-state index is -1.16. The van der Waals surface area contributed by atoms with E-state index in [1.54, 1.807) is 13.8 Å². The van der Waals surface area contributed by atoms with E-state index >= 15 is 0 Å². The number of amides is 2. The van der Waals surface area contributed by atoms with Crippen molar-refractivity contribution in [2.45, 2.75) is 77.8 Å². The summed E-state index contributed by atoms with van der Waals surface area (Å²) < 4.78 is 0. The predicted octanol–water partition coefficient (Wildman–Crippen LogP) is 2.90. The Balaban J connectivity index is 4.31. The third-order valence-electron chi connectivity index (χ3n) is 3.59. The number of carbonyl (C=O) groups excluding carboxylic acids is 1. The standard InChI is InChI=1S/C14H28N2O3/c1-5-8-9-10-11(4)15-13(19)16-14(6-2,7-3)12(17)18/h11H,5-10H2,1-4H3,(H,17,18)(H2,15,16,19). The summed E-state index contributed by atoms with van der Waals surface area (Å²) in [6, 6.07) is -0.332. The highest BCUT2D eigenvalue weighted by molar-refractivity contribution is 5.86. The lowest BCUT2D eigenvalue weighted by atomic mass is 9.93. The molecule has 19 heavy (non-hydrogen) atoms. The first-order valence-electron chi connectivity index (χ1n) is 7.23. The Labute approximate surface area is 116 Å². The van der Waals surface area contributed by atoms with Crippen molar-refractivity contribution in [3.8, 4) is 0 Å². The van der Waals surface area contributed by atoms with Crippen LogP contribution in [0.4, 0.5) is 4.79 Å². The molecule has 5 nitrogen and oxygen atoms in total. The van der Waals surface area contributed by atoms with Crippen LogP contribution in [0.1, 0.15) is 66.2 Å². The Morgan fingerprint density at radius 2 is 1.74 bits per heavy atom. The van der Waals surface area contributed by atoms with Crippen molar-refractivity contribution in [1.82, 2.24) is 10.6 Å². The summed E-state index contributed by atoms with van der Waals surface area (Å²) >= 11 is 0. The lowest BCUT2D eigenvalue weighted by Gasteiger charge is -2.29. The molecule has 112 valence electrons. The number of carboxylic acid groups (broad SMARTS) is 1. The average Bonchev–Trinajstić information content (AvgIpc) is 2.35. The Morgan fingerprint density at radius 1 is 1.16 bits per heavy atom. The van der Waals surface area contributed by atoms with Crippen LogP contribution >= 0.6 is 0 Å². The second-order valence-electron chi connectivity index (χ2n) is 5.09. The molecule has 2 amide bonds. The summed E-state index contributed by atoms with van der Waals surface area (Å²) in [4.78, 5) is 23.1. The lowest BCUT2D eigenvalue weighted by Crippen LogP contribution is -2.57. The summed E-state index contributed by atoms with van der Waals surface area (Å²) in [5.74, 6) is -0.980. The van der Waals surface area contributed by atoms with Gasteiger partial charge in [-0.05, 0) is 26.2 Å². The van der Waals surface area contributed by atoms with Crippen molar-refractivity contribution in [3.63, 3.8) is 0 Å². The summed E-state index contributed by atoms with van der Waals surface area (Å²) in [6.45, 7) is 7.61. The van der Waals surface area contributed by atoms with Gasteiger partial charge in [-0.1, -0.05) is 40.0 Å². The van der Waals surface area contributed by atoms with Gasteiger partial charge in [0, 0.05) is 6.04 Å². The maximum absolute atomic E-state index is 11.8. The van der Waals surface area contributed by atoms with Gasteiger partial charge in [0.1, 0.15) is 5.54 Å². The first-order valence-corrected chi connectivity index (χ1v) is 7.23. The molecule has 3 N–H and O–H groups in total. The van der Waals surface area contributed by atoms with Gasteiger partial charge in [-0.2, -0.15) is 0 Å². The molecule has 0 aromatic rings. The Morgan fingerprint density at radius 3 is 2.16 bits per heavy atom. The number of carboxylic acids is 1. The normalized spacial score (nSPS) is 12.8. The topological polar surface area (TPSA) is 78.4 Å². The van der Waals surface area contributed by atoms with E-state index in [9.17, 15) is 14.7 Å². The van der Waals surface area contributed by atoms with Gasteiger partial charge in [-0.25, -0.2) is 9.59 Å². The van der Waals surface area contributed by atoms with Gasteiger partial charge in [0.05, 0.1) is 0 Å². The smallest absolute Gasteiger partial charge is 0.329 e. The van der Waals surface area contributed by atoms with Crippen LogP contribution in [0.3, 0.4) is 0 Å². The Kier molecular flexibility index (Phi) is 8.19. The number of nitrogens with one attached hydrogen (secondary N) is 2. The number of unbranched alkanes of at least 4 members (excludes halogenated alkanes) is 2. The molecule has 0 aromatic heterocycles. The fourth-order valence-electron chi connectivity index (χ4n) is 2.03. The molecule has 5 heteroatoms. The van der Waals surface area contributed by atoms with Gasteiger partial charge in [0.25, 0.3) is 0 Å². The van der Waals surface area contributed by atoms with Crippen LogP contribution in [0, 0.1) is 0 Å². The molecule has 0 spiro atoms. The van der Waals surface area contributed by atoms with Crippen LogP contribution in [0.5, 0.6) is 0 Å². The second kappa shape index (κ2) is 8.77. The minimum absolute atomic E-state index is 0.0618. The van der Waals surface area contributed by atoms with Gasteiger partial charge in [-0.3, -0.25) is 0 Å². The third kappa shape index (κ3) is 5.94. The molecular weight excluding hydrogens is 244 g/mol. The number of rotatable bonds is 9. The highest BCUT2D eigenvalue weighted by Gasteiger charge is 2.36. The van der Waals surface area contributed by atoms with E-state index in [-0.39, 0.29) is 6.04 Å². The van der Waals surface area contributed by atoms with Crippen molar-refractivity contribution in [1.29, 1.82) is 0 Å². The van der Waals surface area contributed by atoms with E-state index in [1.807, 2.05) is 6.92 Å². The van der Waals surface area contributed by atoms with E-state index in [0.29, 0.717) is 12.8 Å². The molecule has 0 heterocycles. The van der Waals surface area contributed by atoms with E-state index in [4.69, 9.17) is 0 Å². The molecular formula is C14H28N2O3. The van der Waals surface area contributed by atoms with Crippen molar-refractivity contribution < 1.29 is 14.7 Å². The molecule has 0 aromatic carbocycles. The number of urea groups is 1. The van der Waals surface area contributed by atoms with Crippen molar-refractivity contribution in [2.24, 2.45) is 0 Å². The zero-order chi connectivity index (χ0) is 14.9. The minimum Gasteiger partial charge on any atom is -0.480 e. The van der Waals surface area contributed by atoms with Gasteiger partial charge >= 0.3 is 12.0 Å². The SMILES string of the molecule is CCCCCC(C)NC(=O)NC(CC)(CC)C(=O)O. The fourth-order valence-corrected chi connectivity index (χ4v) is 2.03. The van der Waals surface area contributed by atoms with Crippen molar-refractivity contribution in [3.05, 3.63) is 0 Å². The third-order valence-corrected chi connectivity index (χ3v) is 3.59. The monoisotopic (exact) mass is 272 g/mol. The summed E-state index contributed by atoms with van der Waals surface area (Å²) in [7, 11) is 0. The van der Waals surface area contributed by atoms with Gasteiger partial charge in [-0.15, -0.1) is 0 Å². The molecule has 0 aliphatic heterocycles. The number of aliphatic carboxylic acids is 1. The molecule has 0 saturated carbocycles. The molecule has 0 fully saturated rings. The van der Waals surface area contributed by atoms with E-state index in [0.717, 1.165) is 25.7 Å². The molecule has 0 rings (SSSR count). The summed E-state index contributed by atoms with van der Waals surface area (Å²) in [6.07, 6.45) is 5.03. The first kappa shape index (κ1) is 17.7. The predicted molar refractivity (Wildman–Crippen MR) is 76.2 cm³/mol. The molecule has 0 bridgehead atoms. The molecule has 1 unspecified atom stereocenters. The summed E-state index contributed by atoms with van der Waals surface area (Å²) in [5, 5.41) is 14.6. The van der Waals surface area contributed by atoms with Gasteiger partial charge in [0.15, 0.2) is 0 Å². The van der Waals surface area contributed by atoms with E-state index < -0.39 is 17.5 Å². The quantitative estimate of drug-likeness (QED) is 0.565. The zero-order valence-corrected chi connectivity index (χ0v) is 12.6. The second-order valence-corrected chi connectivity index (χ2v) is 5.09.